The van der Waals surface area contributed by atoms with Crippen molar-refractivity contribution in [3.63, 3.8) is 0 Å². The lowest BCUT2D eigenvalue weighted by Gasteiger charge is -2.30. The first-order chi connectivity index (χ1) is 49.7. The van der Waals surface area contributed by atoms with Gasteiger partial charge in [-0.25, -0.2) is 24.1 Å². The van der Waals surface area contributed by atoms with Crippen molar-refractivity contribution in [2.75, 3.05) is 91.6 Å². The van der Waals surface area contributed by atoms with Crippen LogP contribution in [0, 0.1) is 13.8 Å². The number of carbonyl (C=O) groups excluding carboxylic acids is 4. The van der Waals surface area contributed by atoms with Crippen molar-refractivity contribution in [1.29, 1.82) is 0 Å². The number of hydrogen-bond acceptors (Lipinski definition) is 35. The number of nitrogen functional groups attached to an aromatic ring is 3. The number of fused-ring (bicyclic) bond motifs is 2. The quantitative estimate of drug-likeness (QED) is 0.0139. The van der Waals surface area contributed by atoms with Crippen LogP contribution in [0.2, 0.25) is 0 Å². The average Bonchev–Trinajstić information content (AvgIpc) is 1.62. The zero-order valence-electron chi connectivity index (χ0n) is 56.2. The normalized spacial score (nSPS) is 27.8. The van der Waals surface area contributed by atoms with Crippen molar-refractivity contribution < 1.29 is 104 Å². The van der Waals surface area contributed by atoms with E-state index < -0.39 is 228 Å². The van der Waals surface area contributed by atoms with E-state index in [1.54, 1.807) is 6.92 Å². The van der Waals surface area contributed by atoms with Crippen LogP contribution in [0.5, 0.6) is 0 Å². The van der Waals surface area contributed by atoms with Crippen LogP contribution in [0.15, 0.2) is 49.0 Å². The molecule has 105 heavy (non-hydrogen) atoms. The van der Waals surface area contributed by atoms with Crippen LogP contribution in [0.4, 0.5) is 17.7 Å². The number of rotatable bonds is 32. The van der Waals surface area contributed by atoms with E-state index in [-0.39, 0.29) is 40.1 Å². The summed E-state index contributed by atoms with van der Waals surface area (Å²) in [5.74, 6) is -3.67. The molecule has 4 fully saturated rings. The summed E-state index contributed by atoms with van der Waals surface area (Å²) in [4.78, 5) is 168. The summed E-state index contributed by atoms with van der Waals surface area (Å²) in [5.41, 5.74) is 13.0. The number of nitrogens with zero attached hydrogens (tertiary/aromatic N) is 9. The summed E-state index contributed by atoms with van der Waals surface area (Å²) in [5, 5.41) is 21.2. The van der Waals surface area contributed by atoms with Gasteiger partial charge in [0.25, 0.3) is 16.7 Å². The predicted octanol–water partition coefficient (Wildman–Crippen LogP) is -5.01. The maximum atomic E-state index is 15.3. The van der Waals surface area contributed by atoms with Gasteiger partial charge >= 0.3 is 31.6 Å². The third kappa shape index (κ3) is 18.3. The molecule has 52 heteroatoms. The Balaban J connectivity index is 0.976. The highest BCUT2D eigenvalue weighted by atomic mass is 32.7. The Morgan fingerprint density at radius 3 is 1.41 bits per heavy atom. The van der Waals surface area contributed by atoms with Crippen LogP contribution < -0.4 is 66.5 Å². The first kappa shape index (κ1) is 80.3. The molecule has 4 amide bonds. The topological polar surface area (TPSA) is 618 Å². The molecule has 6 aromatic rings. The average molecular weight is 1600 g/mol. The Morgan fingerprint density at radius 2 is 0.943 bits per heavy atom. The van der Waals surface area contributed by atoms with Gasteiger partial charge in [0.05, 0.1) is 38.6 Å². The van der Waals surface area contributed by atoms with Crippen molar-refractivity contribution >= 4 is 120 Å². The van der Waals surface area contributed by atoms with Crippen molar-refractivity contribution in [2.45, 2.75) is 125 Å². The van der Waals surface area contributed by atoms with Crippen LogP contribution in [0.25, 0.3) is 22.3 Å². The molecule has 46 nitrogen and oxygen atoms in total. The number of aliphatic hydroxyl groups excluding tert-OH is 1. The molecule has 19 atom stereocenters. The van der Waals surface area contributed by atoms with Crippen molar-refractivity contribution in [1.82, 2.24) is 79.4 Å². The lowest BCUT2D eigenvalue weighted by atomic mass is 10.1. The van der Waals surface area contributed by atoms with E-state index in [0.29, 0.717) is 5.56 Å². The van der Waals surface area contributed by atoms with Crippen LogP contribution in [-0.4, -0.2) is 244 Å². The van der Waals surface area contributed by atoms with E-state index in [4.69, 9.17) is 106 Å². The van der Waals surface area contributed by atoms with Gasteiger partial charge in [0.15, 0.2) is 47.2 Å². The largest absolute Gasteiger partial charge is 0.387 e. The molecule has 7 unspecified atom stereocenters. The van der Waals surface area contributed by atoms with Gasteiger partial charge in [-0.1, -0.05) is 19.2 Å². The zero-order valence-corrected chi connectivity index (χ0v) is 61.4. The number of aliphatic hydroxyl groups is 1. The highest BCUT2D eigenvalue weighted by Gasteiger charge is 2.56. The maximum absolute atomic E-state index is 15.3. The molecule has 576 valence electrons. The van der Waals surface area contributed by atoms with Crippen LogP contribution in [0.3, 0.4) is 0 Å². The summed E-state index contributed by atoms with van der Waals surface area (Å²) in [6, 6.07) is 0. The minimum atomic E-state index is -5.15. The third-order valence-corrected chi connectivity index (χ3v) is 21.3. The Bertz CT molecular complexity index is 4700. The molecule has 10 heterocycles. The number of nitrogens with one attached hydrogen (secondary N) is 7. The summed E-state index contributed by atoms with van der Waals surface area (Å²) in [6.45, 7) is -15.8. The number of carbonyl (C=O) groups is 4. The molecule has 4 aliphatic rings. The second-order valence-electron chi connectivity index (χ2n) is 23.5. The molecule has 6 aromatic heterocycles. The Hall–Kier alpha value is -7.26. The molecule has 16 N–H and O–H groups in total. The number of aromatic amines is 3. The van der Waals surface area contributed by atoms with E-state index in [0.717, 1.165) is 30.9 Å². The SMILES string of the molecule is CC[C@H]1O[C@@H](n2cc(C)c(=O)[nH]c2=O)[C@@H](OCC(=O)NC)C1OP(O)(=S)OC[C@H]1O[C@@H](n2cnc3c(=O)[nH]c(N)nc32)[C@@H](OCC(=O)NC)C1OP(=O)(S)OC[C@H]1O[C@@H](n2cnc3c(=O)[nH]c(N)nc32)[C@@H](OCC(=O)NC)C1OP(O)(=S)OC[C@H]1O[C@@H](n2cc(C)c(N)nc2=O)[C@@H](OCC(=O)NC)C1O. The standard InChI is InChI=1S/C53H74N19O27P3S3/c1-8-22-33(37(87-15-27(74)58-5)47(93-22)70-10-21(3)43(78)68-53(70)82)97-101(84,104)91-12-24-35(39(89-17-29(76)60-7)49(95-24)72-19-62-31-42(72)65-51(56)67-45(31)80)99-102(85,105)92-13-25-34(38(88-16-28(75)59-6)48(96-25)71-18-61-30-41(71)64-50(55)66-44(30)79)98-100(83,103)90-11-23-32(77)36(86-14-26(73)57-4)46(94-23)69-9-20(2)40(54)63-52(69)81/h9-10,18-19,22-25,32-39,46-49,77H,8,11-17H2,1-7H3,(H,57,73)(H,58,74)(H,59,75)(H,60,76)(H,83,103)(H,84,104)(H,85,105)(H2,54,63,81)(H,68,78,82)(H3,55,64,66,79)(H3,56,65,67,80)/t22-,23-,24-,25-,32?,33?,34?,35?,36+,37+,38+,39+,46-,47-,48-,49-,100?,101?,102?/m1/s1. The Kier molecular flexibility index (Phi) is 25.6. The van der Waals surface area contributed by atoms with Gasteiger partial charge in [0.1, 0.15) is 99.4 Å². The Morgan fingerprint density at radius 1 is 0.552 bits per heavy atom. The number of amides is 4. The molecule has 10 rings (SSSR count). The zero-order chi connectivity index (χ0) is 76.3. The summed E-state index contributed by atoms with van der Waals surface area (Å²) in [7, 11) is 5.21. The molecule has 0 spiro atoms. The van der Waals surface area contributed by atoms with Gasteiger partial charge in [-0.15, -0.1) is 0 Å². The number of aromatic nitrogens is 12. The van der Waals surface area contributed by atoms with Crippen molar-refractivity contribution in [2.24, 2.45) is 0 Å². The van der Waals surface area contributed by atoms with E-state index in [2.05, 4.69) is 73.4 Å². The van der Waals surface area contributed by atoms with Gasteiger partial charge in [0.2, 0.25) is 35.5 Å². The minimum absolute atomic E-state index is 0.0813. The summed E-state index contributed by atoms with van der Waals surface area (Å²) >= 11 is 15.6. The van der Waals surface area contributed by atoms with E-state index in [1.807, 2.05) is 0 Å². The molecule has 0 aromatic carbocycles. The molecule has 0 saturated carbocycles. The molecule has 0 bridgehead atoms. The smallest absolute Gasteiger partial charge is 0.386 e. The van der Waals surface area contributed by atoms with Gasteiger partial charge in [0, 0.05) is 51.7 Å². The predicted molar refractivity (Wildman–Crippen MR) is 368 cm³/mol. The number of anilines is 3. The van der Waals surface area contributed by atoms with Crippen molar-refractivity contribution in [3.05, 3.63) is 88.2 Å². The number of H-pyrrole nitrogens is 3. The number of ether oxygens (including phenoxy) is 8. The van der Waals surface area contributed by atoms with E-state index in [9.17, 15) is 58.0 Å². The lowest BCUT2D eigenvalue weighted by molar-refractivity contribution is -0.133. The number of aryl methyl sites for hydroxylation is 2. The van der Waals surface area contributed by atoms with Crippen molar-refractivity contribution in [3.8, 4) is 0 Å². The molecule has 4 saturated heterocycles. The highest BCUT2D eigenvalue weighted by Crippen LogP contribution is 2.59. The number of hydrogen-bond donors (Lipinski definition) is 14. The number of thiol groups is 1. The molecule has 4 aliphatic heterocycles. The molecule has 0 aliphatic carbocycles. The maximum Gasteiger partial charge on any atom is 0.386 e. The molecule has 0 radical (unpaired) electrons. The van der Waals surface area contributed by atoms with Crippen LogP contribution in [0.1, 0.15) is 49.4 Å². The minimum Gasteiger partial charge on any atom is -0.387 e. The van der Waals surface area contributed by atoms with E-state index >= 15 is 4.57 Å². The Labute approximate surface area is 605 Å². The van der Waals surface area contributed by atoms with Gasteiger partial charge in [-0.05, 0) is 43.9 Å². The molecular formula is C53H74N19O27P3S3. The van der Waals surface area contributed by atoms with Gasteiger partial charge < -0.3 is 100 Å². The second kappa shape index (κ2) is 33.5. The van der Waals surface area contributed by atoms with Gasteiger partial charge in [-0.2, -0.15) is 15.0 Å². The first-order valence-corrected chi connectivity index (χ1v) is 39.2. The highest BCUT2D eigenvalue weighted by molar-refractivity contribution is 8.44. The third-order valence-electron chi connectivity index (χ3n) is 16.6. The van der Waals surface area contributed by atoms with Crippen LogP contribution >= 0.6 is 32.5 Å². The molecular weight excluding hydrogens is 1520 g/mol. The van der Waals surface area contributed by atoms with Gasteiger partial charge in [-0.3, -0.25) is 84.9 Å². The number of imidazole rings is 2. The fourth-order valence-electron chi connectivity index (χ4n) is 11.4. The fraction of sp³-hybridized carbons (Fsp3) is 0.585. The summed E-state index contributed by atoms with van der Waals surface area (Å²) in [6.07, 6.45) is -21.0. The summed E-state index contributed by atoms with van der Waals surface area (Å²) < 4.78 is 105. The fourth-order valence-corrected chi connectivity index (χ4v) is 15.8. The van der Waals surface area contributed by atoms with Crippen LogP contribution in [-0.2, 0) is 112 Å². The first-order valence-electron chi connectivity index (χ1n) is 31.4. The monoisotopic (exact) mass is 1600 g/mol. The second-order valence-corrected chi connectivity index (χ2v) is 31.9. The number of likely N-dealkylation sites (N-methyl/N-ethyl adjacent to an activating group) is 4. The number of nitrogens with two attached hydrogens (primary N) is 3. The van der Waals surface area contributed by atoms with E-state index in [1.165, 1.54) is 54.4 Å². The lowest BCUT2D eigenvalue weighted by Crippen LogP contribution is -2.42.